The molecule has 8 aromatic rings. The van der Waals surface area contributed by atoms with Gasteiger partial charge in [0.1, 0.15) is 30.1 Å². The molecule has 9 amide bonds. The van der Waals surface area contributed by atoms with Crippen molar-refractivity contribution in [1.82, 2.24) is 46.1 Å². The van der Waals surface area contributed by atoms with Gasteiger partial charge in [0.2, 0.25) is 35.4 Å². The minimum Gasteiger partial charge on any atom is -0.497 e. The quantitative estimate of drug-likeness (QED) is 0.0235. The second-order valence-electron chi connectivity index (χ2n) is 30.3. The number of nitrogens with one attached hydrogen (secondary N) is 6. The van der Waals surface area contributed by atoms with Crippen LogP contribution in [0.25, 0.3) is 39.2 Å². The van der Waals surface area contributed by atoms with Gasteiger partial charge in [-0.3, -0.25) is 38.4 Å². The molecule has 598 valence electrons. The molecule has 0 radical (unpaired) electrons. The van der Waals surface area contributed by atoms with Crippen LogP contribution in [0.5, 0.6) is 28.7 Å². The number of amides is 9. The lowest BCUT2D eigenvalue weighted by molar-refractivity contribution is -0.132. The van der Waals surface area contributed by atoms with Crippen molar-refractivity contribution in [3.05, 3.63) is 180 Å². The fourth-order valence-corrected chi connectivity index (χ4v) is 15.4. The molecule has 6 heterocycles. The van der Waals surface area contributed by atoms with Crippen molar-refractivity contribution in [2.24, 2.45) is 11.3 Å². The number of rotatable bonds is 27. The number of hydrogen-bond donors (Lipinski definition) is 7. The molecule has 29 heteroatoms. The van der Waals surface area contributed by atoms with Crippen molar-refractivity contribution in [1.29, 1.82) is 0 Å². The van der Waals surface area contributed by atoms with E-state index in [2.05, 4.69) is 66.5 Å². The van der Waals surface area contributed by atoms with Gasteiger partial charge in [-0.15, -0.1) is 5.10 Å². The standard InChI is InChI=1S/C86H93N13O16/c1-49(2)77(92-75(102)44-89-74(101)43-88-73(100)30-31-76(103)96-45-56-14-9-10-15-61(56)78-79(99(50(3)4)94-93-78)62-16-11-12-17-66(62)96)81(105)90-51(5)80(104)91-58-26-18-52(19-27-58)47-115-85(109)98-67-40-72(70(112-8)38-64(67)83(107)97-48-86(32-33-86)41-68(97)84(98)108)114-35-13-34-113-71-39-65-63(37-69(71)111-7)82(106)95-46-57(36-59(95)42-87-65)55-22-20-53(21-23-55)54-24-28-60(110-6)29-25-54/h9-12,14-29,37-40,46,49-51,59,68,77,84,87,108H,13,30-36,41-45,47-48H2,1-8H3,(H,88,100)(H,89,101)(H,90,105)(H,91,104)(H,92,102)/t51-,59-,68-,77-,84?/m0/s1. The first-order valence-corrected chi connectivity index (χ1v) is 38.6. The summed E-state index contributed by atoms with van der Waals surface area (Å²) in [4.78, 5) is 130. The highest BCUT2D eigenvalue weighted by molar-refractivity contribution is 6.07. The molecule has 6 aliphatic rings. The maximum Gasteiger partial charge on any atom is 0.416 e. The number of carbonyl (C=O) groups is 9. The van der Waals surface area contributed by atoms with Crippen LogP contribution < -0.4 is 65.4 Å². The van der Waals surface area contributed by atoms with Crippen molar-refractivity contribution in [2.75, 3.05) is 81.2 Å². The molecular weight excluding hydrogens is 1470 g/mol. The number of nitrogens with zero attached hydrogens (tertiary/aromatic N) is 7. The highest BCUT2D eigenvalue weighted by Gasteiger charge is 2.58. The first-order valence-electron chi connectivity index (χ1n) is 38.6. The molecule has 1 aliphatic carbocycles. The molecule has 1 spiro atoms. The summed E-state index contributed by atoms with van der Waals surface area (Å²) in [6.45, 7) is 8.94. The van der Waals surface area contributed by atoms with Crippen LogP contribution in [0, 0.1) is 11.3 Å². The molecule has 1 saturated heterocycles. The Bertz CT molecular complexity index is 5100. The second-order valence-corrected chi connectivity index (χ2v) is 30.3. The molecule has 29 nitrogen and oxygen atoms in total. The monoisotopic (exact) mass is 1560 g/mol. The Hall–Kier alpha value is -12.8. The van der Waals surface area contributed by atoms with Gasteiger partial charge >= 0.3 is 6.09 Å². The maximum atomic E-state index is 14.6. The topological polar surface area (TPSA) is 345 Å². The van der Waals surface area contributed by atoms with Gasteiger partial charge in [0.15, 0.2) is 29.2 Å². The van der Waals surface area contributed by atoms with Gasteiger partial charge in [-0.05, 0) is 134 Å². The fourth-order valence-electron chi connectivity index (χ4n) is 15.4. The molecule has 5 aliphatic heterocycles. The predicted molar refractivity (Wildman–Crippen MR) is 428 cm³/mol. The summed E-state index contributed by atoms with van der Waals surface area (Å²) in [5, 5.41) is 37.7. The maximum absolute atomic E-state index is 14.6. The number of carbonyl (C=O) groups excluding carboxylic acids is 9. The lowest BCUT2D eigenvalue weighted by Gasteiger charge is -2.31. The lowest BCUT2D eigenvalue weighted by atomic mass is 9.95. The number of fused-ring (bicyclic) bond motifs is 9. The van der Waals surface area contributed by atoms with Crippen LogP contribution in [0.2, 0.25) is 0 Å². The SMILES string of the molecule is COc1ccc(-c2ccc(C3=CN4C(=O)c5cc(OC)c(OCCCOc6cc7c(cc6OC)C(=O)N6CC8(CC8)C[C@H]6C(O)N7C(=O)OCc6ccc(NC(=O)[C@H](C)NC(=O)[C@@H](NC(=O)CNC(=O)CNC(=O)CCC(=O)N7Cc8ccccc8-c8nnn(C(C)C)c8-c8ccccc87)C(C)C)cc6)cc5NC[C@@H]4C3)cc2)cc1. The normalized spacial score (nSPS) is 17.2. The first kappa shape index (κ1) is 78.9. The van der Waals surface area contributed by atoms with Crippen LogP contribution in [0.4, 0.5) is 27.5 Å². The molecule has 1 aromatic heterocycles. The van der Waals surface area contributed by atoms with E-state index >= 15 is 0 Å². The number of aliphatic hydroxyl groups excluding tert-OH is 1. The van der Waals surface area contributed by atoms with E-state index in [-0.39, 0.29) is 97.2 Å². The van der Waals surface area contributed by atoms with E-state index < -0.39 is 79.0 Å². The van der Waals surface area contributed by atoms with Gasteiger partial charge in [-0.2, -0.15) is 0 Å². The van der Waals surface area contributed by atoms with E-state index in [0.717, 1.165) is 68.1 Å². The van der Waals surface area contributed by atoms with Crippen LogP contribution in [0.15, 0.2) is 152 Å². The second kappa shape index (κ2) is 33.9. The van der Waals surface area contributed by atoms with Gasteiger partial charge in [-0.1, -0.05) is 110 Å². The van der Waals surface area contributed by atoms with E-state index in [1.165, 1.54) is 33.3 Å². The van der Waals surface area contributed by atoms with Crippen LogP contribution >= 0.6 is 0 Å². The molecule has 7 aromatic carbocycles. The van der Waals surface area contributed by atoms with Crippen molar-refractivity contribution in [2.45, 2.75) is 129 Å². The van der Waals surface area contributed by atoms with Gasteiger partial charge < -0.3 is 80.1 Å². The van der Waals surface area contributed by atoms with E-state index in [1.807, 2.05) is 97.5 Å². The van der Waals surface area contributed by atoms with E-state index in [0.29, 0.717) is 77.7 Å². The third-order valence-electron chi connectivity index (χ3n) is 21.9. The Morgan fingerprint density at radius 1 is 0.652 bits per heavy atom. The minimum absolute atomic E-state index is 0.0302. The third kappa shape index (κ3) is 17.0. The summed E-state index contributed by atoms with van der Waals surface area (Å²) in [7, 11) is 4.60. The number of para-hydroxylation sites is 1. The summed E-state index contributed by atoms with van der Waals surface area (Å²) < 4.78 is 37.2. The average molecular weight is 1560 g/mol. The Kier molecular flexibility index (Phi) is 23.2. The van der Waals surface area contributed by atoms with E-state index in [4.69, 9.17) is 28.4 Å². The van der Waals surface area contributed by atoms with Crippen LogP contribution in [0.1, 0.15) is 123 Å². The Morgan fingerprint density at radius 3 is 1.99 bits per heavy atom. The van der Waals surface area contributed by atoms with Crippen molar-refractivity contribution in [3.8, 4) is 62.4 Å². The van der Waals surface area contributed by atoms with Crippen LogP contribution in [0.3, 0.4) is 0 Å². The summed E-state index contributed by atoms with van der Waals surface area (Å²) in [6.07, 6.45) is 2.34. The molecule has 115 heavy (non-hydrogen) atoms. The molecular formula is C86H93N13O16. The van der Waals surface area contributed by atoms with E-state index in [1.54, 1.807) is 72.1 Å². The molecule has 2 fully saturated rings. The lowest BCUT2D eigenvalue weighted by Crippen LogP contribution is -2.55. The summed E-state index contributed by atoms with van der Waals surface area (Å²) in [5.41, 5.74) is 10.7. The van der Waals surface area contributed by atoms with E-state index in [9.17, 15) is 48.3 Å². The third-order valence-corrected chi connectivity index (χ3v) is 21.9. The molecule has 0 bridgehead atoms. The number of methoxy groups -OCH3 is 3. The summed E-state index contributed by atoms with van der Waals surface area (Å²) in [5.74, 6) is -2.57. The molecule has 1 saturated carbocycles. The van der Waals surface area contributed by atoms with Crippen molar-refractivity contribution in [3.63, 3.8) is 0 Å². The Balaban J connectivity index is 0.540. The smallest absolute Gasteiger partial charge is 0.416 e. The van der Waals surface area contributed by atoms with Crippen LogP contribution in [-0.2, 0) is 46.7 Å². The largest absolute Gasteiger partial charge is 0.497 e. The molecule has 1 unspecified atom stereocenters. The zero-order chi connectivity index (χ0) is 80.9. The van der Waals surface area contributed by atoms with Crippen LogP contribution in [-0.4, -0.2) is 174 Å². The van der Waals surface area contributed by atoms with Gasteiger partial charge in [0, 0.05) is 73.5 Å². The molecule has 14 rings (SSSR count). The number of aliphatic hydroxyl groups is 1. The first-order chi connectivity index (χ1) is 55.5. The zero-order valence-corrected chi connectivity index (χ0v) is 65.3. The van der Waals surface area contributed by atoms with Gasteiger partial charge in [-0.25, -0.2) is 14.4 Å². The van der Waals surface area contributed by atoms with Crippen molar-refractivity contribution < 1.29 is 76.7 Å². The number of benzene rings is 7. The Labute approximate surface area is 664 Å². The highest BCUT2D eigenvalue weighted by atomic mass is 16.6. The number of anilines is 4. The van der Waals surface area contributed by atoms with Gasteiger partial charge in [0.25, 0.3) is 11.8 Å². The fraction of sp³-hybridized carbons (Fsp3) is 0.360. The van der Waals surface area contributed by atoms with Crippen molar-refractivity contribution >= 4 is 81.7 Å². The highest BCUT2D eigenvalue weighted by Crippen LogP contribution is 2.57. The minimum atomic E-state index is -1.51. The average Bonchev–Trinajstić information content (AvgIpc) is 1.56. The Morgan fingerprint density at radius 2 is 1.30 bits per heavy atom. The predicted octanol–water partition coefficient (Wildman–Crippen LogP) is 10.0. The summed E-state index contributed by atoms with van der Waals surface area (Å²) >= 11 is 0. The number of aromatic nitrogens is 3. The number of hydrogen-bond acceptors (Lipinski definition) is 19. The molecule has 7 N–H and O–H groups in total. The summed E-state index contributed by atoms with van der Waals surface area (Å²) in [6, 6.07) is 41.1. The zero-order valence-electron chi connectivity index (χ0n) is 65.3. The molecule has 5 atom stereocenters. The number of ether oxygens (including phenoxy) is 6. The van der Waals surface area contributed by atoms with Gasteiger partial charge in [0.05, 0.1) is 100 Å².